The van der Waals surface area contributed by atoms with Crippen LogP contribution in [0.15, 0.2) is 23.6 Å². The molecular weight excluding hydrogens is 344 g/mol. The quantitative estimate of drug-likeness (QED) is 0.663. The monoisotopic (exact) mass is 372 g/mol. The van der Waals surface area contributed by atoms with Crippen LogP contribution in [-0.2, 0) is 17.9 Å². The van der Waals surface area contributed by atoms with Crippen molar-refractivity contribution in [2.24, 2.45) is 5.92 Å². The lowest BCUT2D eigenvalue weighted by Gasteiger charge is -2.28. The molecule has 0 bridgehead atoms. The molecule has 0 saturated heterocycles. The largest absolute Gasteiger partial charge is 0.486 e. The number of carbonyl (C=O) groups is 1. The summed E-state index contributed by atoms with van der Waals surface area (Å²) in [6.07, 6.45) is 3.04. The molecule has 1 amide bonds. The van der Waals surface area contributed by atoms with Gasteiger partial charge in [-0.05, 0) is 63.3 Å². The minimum absolute atomic E-state index is 0.245. The molecule has 26 heavy (non-hydrogen) atoms. The Morgan fingerprint density at radius 3 is 2.62 bits per heavy atom. The summed E-state index contributed by atoms with van der Waals surface area (Å²) < 4.78 is 5.90. The van der Waals surface area contributed by atoms with Crippen LogP contribution >= 0.6 is 11.3 Å². The van der Waals surface area contributed by atoms with Crippen LogP contribution in [0, 0.1) is 19.8 Å². The second kappa shape index (κ2) is 8.21. The third kappa shape index (κ3) is 4.85. The van der Waals surface area contributed by atoms with Gasteiger partial charge in [0.05, 0.1) is 12.2 Å². The molecule has 1 aromatic heterocycles. The van der Waals surface area contributed by atoms with E-state index in [0.29, 0.717) is 19.1 Å². The van der Waals surface area contributed by atoms with E-state index in [4.69, 9.17) is 4.74 Å². The van der Waals surface area contributed by atoms with Gasteiger partial charge in [-0.25, -0.2) is 4.98 Å². The summed E-state index contributed by atoms with van der Waals surface area (Å²) in [5.41, 5.74) is 3.36. The number of amides is 1. The number of carbonyl (C=O) groups excluding carboxylic acids is 1. The molecule has 1 aliphatic carbocycles. The van der Waals surface area contributed by atoms with Gasteiger partial charge in [0.15, 0.2) is 0 Å². The Labute approximate surface area is 160 Å². The van der Waals surface area contributed by atoms with Gasteiger partial charge in [0.1, 0.15) is 17.4 Å². The second-order valence-electron chi connectivity index (χ2n) is 7.34. The second-order valence-corrected chi connectivity index (χ2v) is 8.29. The number of aromatic nitrogens is 1. The maximum atomic E-state index is 12.6. The van der Waals surface area contributed by atoms with Crippen LogP contribution in [-0.4, -0.2) is 21.8 Å². The highest BCUT2D eigenvalue weighted by Crippen LogP contribution is 2.32. The summed E-state index contributed by atoms with van der Waals surface area (Å²) in [6.45, 7) is 9.46. The van der Waals surface area contributed by atoms with Gasteiger partial charge < -0.3 is 9.64 Å². The van der Waals surface area contributed by atoms with Crippen molar-refractivity contribution in [2.45, 2.75) is 66.2 Å². The molecular formula is C21H28N2O2S. The molecule has 2 aromatic rings. The Morgan fingerprint density at radius 2 is 2.00 bits per heavy atom. The minimum Gasteiger partial charge on any atom is -0.486 e. The van der Waals surface area contributed by atoms with Crippen LogP contribution < -0.4 is 4.74 Å². The van der Waals surface area contributed by atoms with E-state index in [1.54, 1.807) is 11.3 Å². The van der Waals surface area contributed by atoms with E-state index < -0.39 is 0 Å². The maximum Gasteiger partial charge on any atom is 0.226 e. The molecule has 1 aliphatic rings. The summed E-state index contributed by atoms with van der Waals surface area (Å²) in [6, 6.07) is 6.47. The Bertz CT molecular complexity index is 747. The number of benzene rings is 1. The predicted molar refractivity (Wildman–Crippen MR) is 105 cm³/mol. The summed E-state index contributed by atoms with van der Waals surface area (Å²) in [5.74, 6) is 1.42. The molecule has 3 rings (SSSR count). The first-order valence-corrected chi connectivity index (χ1v) is 10.3. The van der Waals surface area contributed by atoms with Gasteiger partial charge in [0.2, 0.25) is 5.91 Å². The molecule has 1 fully saturated rings. The van der Waals surface area contributed by atoms with E-state index in [0.717, 1.165) is 35.7 Å². The highest BCUT2D eigenvalue weighted by Gasteiger charge is 2.35. The van der Waals surface area contributed by atoms with Gasteiger partial charge in [-0.2, -0.15) is 0 Å². The highest BCUT2D eigenvalue weighted by atomic mass is 32.1. The highest BCUT2D eigenvalue weighted by molar-refractivity contribution is 7.09. The van der Waals surface area contributed by atoms with Gasteiger partial charge in [0, 0.05) is 17.3 Å². The molecule has 1 heterocycles. The van der Waals surface area contributed by atoms with E-state index in [1.807, 2.05) is 17.0 Å². The van der Waals surface area contributed by atoms with Crippen LogP contribution in [0.1, 0.15) is 54.9 Å². The smallest absolute Gasteiger partial charge is 0.226 e. The molecule has 140 valence electrons. The molecule has 0 aliphatic heterocycles. The van der Waals surface area contributed by atoms with Crippen molar-refractivity contribution < 1.29 is 9.53 Å². The van der Waals surface area contributed by atoms with Crippen molar-refractivity contribution in [3.8, 4) is 5.75 Å². The number of rotatable bonds is 8. The zero-order chi connectivity index (χ0) is 18.7. The van der Waals surface area contributed by atoms with E-state index in [1.165, 1.54) is 11.1 Å². The van der Waals surface area contributed by atoms with Gasteiger partial charge in [-0.15, -0.1) is 11.3 Å². The van der Waals surface area contributed by atoms with E-state index in [-0.39, 0.29) is 12.0 Å². The molecule has 0 unspecified atom stereocenters. The lowest BCUT2D eigenvalue weighted by atomic mass is 10.1. The molecule has 1 saturated carbocycles. The third-order valence-corrected chi connectivity index (χ3v) is 5.69. The normalized spacial score (nSPS) is 14.9. The van der Waals surface area contributed by atoms with Gasteiger partial charge in [-0.3, -0.25) is 4.79 Å². The van der Waals surface area contributed by atoms with Crippen LogP contribution in [0.25, 0.3) is 0 Å². The fourth-order valence-corrected chi connectivity index (χ4v) is 3.76. The lowest BCUT2D eigenvalue weighted by molar-refractivity contribution is -0.135. The summed E-state index contributed by atoms with van der Waals surface area (Å²) in [4.78, 5) is 19.3. The Morgan fingerprint density at radius 1 is 1.31 bits per heavy atom. The molecule has 1 atom stereocenters. The first kappa shape index (κ1) is 18.9. The summed E-state index contributed by atoms with van der Waals surface area (Å²) >= 11 is 1.60. The number of ether oxygens (including phenoxy) is 1. The average Bonchev–Trinajstić information content (AvgIpc) is 3.36. The molecule has 5 heteroatoms. The standard InChI is InChI=1S/C21H28N2O2S/c1-5-16(4)23(21(24)17-6-7-17)11-18-13-26-20(22-18)12-25-19-9-14(2)8-15(3)10-19/h8-10,13,16-17H,5-7,11-12H2,1-4H3/t16-/m0/s1. The fraction of sp³-hybridized carbons (Fsp3) is 0.524. The third-order valence-electron chi connectivity index (χ3n) is 4.82. The van der Waals surface area contributed by atoms with Crippen LogP contribution in [0.3, 0.4) is 0 Å². The summed E-state index contributed by atoms with van der Waals surface area (Å²) in [7, 11) is 0. The number of hydrogen-bond acceptors (Lipinski definition) is 4. The number of aryl methyl sites for hydroxylation is 2. The van der Waals surface area contributed by atoms with Crippen molar-refractivity contribution in [1.82, 2.24) is 9.88 Å². The fourth-order valence-electron chi connectivity index (χ4n) is 3.06. The van der Waals surface area contributed by atoms with Crippen molar-refractivity contribution >= 4 is 17.2 Å². The van der Waals surface area contributed by atoms with Crippen molar-refractivity contribution in [1.29, 1.82) is 0 Å². The van der Waals surface area contributed by atoms with Gasteiger partial charge in [-0.1, -0.05) is 13.0 Å². The van der Waals surface area contributed by atoms with Gasteiger partial charge in [0.25, 0.3) is 0 Å². The number of hydrogen-bond donors (Lipinski definition) is 0. The lowest BCUT2D eigenvalue weighted by Crippen LogP contribution is -2.38. The zero-order valence-corrected chi connectivity index (χ0v) is 16.9. The Kier molecular flexibility index (Phi) is 5.97. The number of thiazole rings is 1. The molecule has 0 N–H and O–H groups in total. The average molecular weight is 373 g/mol. The number of nitrogens with zero attached hydrogens (tertiary/aromatic N) is 2. The van der Waals surface area contributed by atoms with Crippen LogP contribution in [0.2, 0.25) is 0 Å². The first-order valence-electron chi connectivity index (χ1n) is 9.41. The molecule has 0 radical (unpaired) electrons. The van der Waals surface area contributed by atoms with E-state index in [9.17, 15) is 4.79 Å². The molecule has 4 nitrogen and oxygen atoms in total. The molecule has 0 spiro atoms. The SMILES string of the molecule is CC[C@H](C)N(Cc1csc(COc2cc(C)cc(C)c2)n1)C(=O)C1CC1. The van der Waals surface area contributed by atoms with Crippen molar-refractivity contribution in [3.63, 3.8) is 0 Å². The minimum atomic E-state index is 0.245. The van der Waals surface area contributed by atoms with Crippen molar-refractivity contribution in [3.05, 3.63) is 45.4 Å². The Balaban J connectivity index is 1.61. The summed E-state index contributed by atoms with van der Waals surface area (Å²) in [5, 5.41) is 3.00. The van der Waals surface area contributed by atoms with Gasteiger partial charge >= 0.3 is 0 Å². The van der Waals surface area contributed by atoms with E-state index in [2.05, 4.69) is 44.1 Å². The first-order chi connectivity index (χ1) is 12.5. The maximum absolute atomic E-state index is 12.6. The molecule has 1 aromatic carbocycles. The van der Waals surface area contributed by atoms with Crippen LogP contribution in [0.5, 0.6) is 5.75 Å². The van der Waals surface area contributed by atoms with Crippen molar-refractivity contribution in [2.75, 3.05) is 0 Å². The van der Waals surface area contributed by atoms with E-state index >= 15 is 0 Å². The van der Waals surface area contributed by atoms with Crippen LogP contribution in [0.4, 0.5) is 0 Å². The predicted octanol–water partition coefficient (Wildman–Crippen LogP) is 4.88. The topological polar surface area (TPSA) is 42.4 Å². The Hall–Kier alpha value is -1.88. The zero-order valence-electron chi connectivity index (χ0n) is 16.1.